The number of amides is 6. The van der Waals surface area contributed by atoms with Gasteiger partial charge < -0.3 is 42.0 Å². The number of aromatic nitrogens is 1. The van der Waals surface area contributed by atoms with E-state index in [1.54, 1.807) is 24.3 Å². The van der Waals surface area contributed by atoms with Gasteiger partial charge in [0.2, 0.25) is 29.5 Å². The van der Waals surface area contributed by atoms with E-state index in [2.05, 4.69) is 26.4 Å². The molecule has 3 heterocycles. The number of phenolic OH excluding ortho intramolecular Hbond substituents is 1. The van der Waals surface area contributed by atoms with Crippen LogP contribution in [0.15, 0.2) is 72.9 Å². The highest BCUT2D eigenvalue weighted by molar-refractivity contribution is 5.96. The molecule has 2 aromatic carbocycles. The minimum Gasteiger partial charge on any atom is -0.508 e. The van der Waals surface area contributed by atoms with E-state index >= 15 is 0 Å². The first kappa shape index (κ1) is 39.2. The molecule has 2 aliphatic rings. The van der Waals surface area contributed by atoms with Crippen molar-refractivity contribution in [1.82, 2.24) is 30.7 Å². The Morgan fingerprint density at radius 2 is 1.41 bits per heavy atom. The van der Waals surface area contributed by atoms with Crippen LogP contribution in [0.25, 0.3) is 0 Å². The lowest BCUT2D eigenvalue weighted by atomic mass is 10.0. The molecule has 6 amide bonds. The number of nitrogens with two attached hydrogens (primary N) is 2. The van der Waals surface area contributed by atoms with E-state index in [1.807, 2.05) is 30.3 Å². The van der Waals surface area contributed by atoms with Gasteiger partial charge in [0.25, 0.3) is 5.91 Å². The number of nitrogens with one attached hydrogen (secondary N) is 4. The van der Waals surface area contributed by atoms with E-state index in [0.29, 0.717) is 49.2 Å². The largest absolute Gasteiger partial charge is 0.508 e. The molecule has 16 nitrogen and oxygen atoms in total. The summed E-state index contributed by atoms with van der Waals surface area (Å²) in [5.41, 5.74) is 9.79. The molecule has 3 aromatic rings. The fraction of sp³-hybridized carbons (Fsp3) is 0.395. The Balaban J connectivity index is 1.25. The van der Waals surface area contributed by atoms with Crippen LogP contribution in [-0.4, -0.2) is 99.1 Å². The van der Waals surface area contributed by atoms with Crippen molar-refractivity contribution in [2.45, 2.75) is 75.5 Å². The fourth-order valence-electron chi connectivity index (χ4n) is 6.85. The molecule has 2 fully saturated rings. The van der Waals surface area contributed by atoms with Crippen molar-refractivity contribution >= 4 is 41.3 Å². The molecule has 286 valence electrons. The zero-order valence-electron chi connectivity index (χ0n) is 29.9. The summed E-state index contributed by atoms with van der Waals surface area (Å²) in [6, 6.07) is 14.8. The van der Waals surface area contributed by atoms with Crippen molar-refractivity contribution in [2.75, 3.05) is 25.1 Å². The lowest BCUT2D eigenvalue weighted by molar-refractivity contribution is -0.144. The molecule has 0 unspecified atom stereocenters. The molecule has 54 heavy (non-hydrogen) atoms. The van der Waals surface area contributed by atoms with Gasteiger partial charge in [-0.05, 0) is 67.5 Å². The summed E-state index contributed by atoms with van der Waals surface area (Å²) >= 11 is 0. The second kappa shape index (κ2) is 18.6. The number of carbonyl (C=O) groups is 6. The fourth-order valence-corrected chi connectivity index (χ4v) is 6.85. The van der Waals surface area contributed by atoms with Crippen LogP contribution in [0.3, 0.4) is 0 Å². The number of nitrogens with zero attached hydrogens (tertiary/aromatic N) is 3. The summed E-state index contributed by atoms with van der Waals surface area (Å²) < 4.78 is 0. The van der Waals surface area contributed by atoms with Crippen LogP contribution in [0.1, 0.15) is 60.0 Å². The van der Waals surface area contributed by atoms with Crippen molar-refractivity contribution in [3.63, 3.8) is 0 Å². The number of nitrogen functional groups attached to an aromatic ring is 1. The van der Waals surface area contributed by atoms with Gasteiger partial charge in [-0.2, -0.15) is 0 Å². The molecule has 0 radical (unpaired) electrons. The molecule has 2 aliphatic heterocycles. The maximum absolute atomic E-state index is 14.2. The van der Waals surface area contributed by atoms with E-state index in [-0.39, 0.29) is 50.4 Å². The minimum absolute atomic E-state index is 0.00388. The summed E-state index contributed by atoms with van der Waals surface area (Å²) in [5.74, 6) is 2.96. The van der Waals surface area contributed by atoms with Crippen molar-refractivity contribution in [3.8, 4) is 5.75 Å². The Morgan fingerprint density at radius 1 is 0.796 bits per heavy atom. The third-order valence-corrected chi connectivity index (χ3v) is 9.65. The molecule has 4 atom stereocenters. The summed E-state index contributed by atoms with van der Waals surface area (Å²) in [5, 5.41) is 18.2. The first-order chi connectivity index (χ1) is 26.0. The van der Waals surface area contributed by atoms with Gasteiger partial charge in [0.1, 0.15) is 35.7 Å². The van der Waals surface area contributed by atoms with Gasteiger partial charge in [-0.25, -0.2) is 10.8 Å². The minimum atomic E-state index is -1.05. The molecule has 0 aliphatic carbocycles. The van der Waals surface area contributed by atoms with Crippen LogP contribution in [-0.2, 0) is 36.8 Å². The number of pyridine rings is 1. The normalized spacial score (nSPS) is 17.6. The smallest absolute Gasteiger partial charge is 0.252 e. The second-order valence-corrected chi connectivity index (χ2v) is 13.5. The van der Waals surface area contributed by atoms with Crippen LogP contribution in [0.5, 0.6) is 5.75 Å². The van der Waals surface area contributed by atoms with Gasteiger partial charge in [0.15, 0.2) is 0 Å². The van der Waals surface area contributed by atoms with Gasteiger partial charge in [0, 0.05) is 45.1 Å². The summed E-state index contributed by atoms with van der Waals surface area (Å²) in [7, 11) is 0. The summed E-state index contributed by atoms with van der Waals surface area (Å²) in [6.07, 6.45) is 3.84. The molecule has 9 N–H and O–H groups in total. The molecular weight excluding hydrogens is 694 g/mol. The highest BCUT2D eigenvalue weighted by Crippen LogP contribution is 2.23. The summed E-state index contributed by atoms with van der Waals surface area (Å²) in [4.78, 5) is 86.7. The monoisotopic (exact) mass is 741 g/mol. The maximum Gasteiger partial charge on any atom is 0.252 e. The Morgan fingerprint density at radius 3 is 2.02 bits per heavy atom. The van der Waals surface area contributed by atoms with Gasteiger partial charge in [-0.3, -0.25) is 28.8 Å². The molecule has 5 rings (SSSR count). The predicted octanol–water partition coefficient (Wildman–Crippen LogP) is 0.505. The van der Waals surface area contributed by atoms with Crippen LogP contribution in [0, 0.1) is 0 Å². The van der Waals surface area contributed by atoms with E-state index < -0.39 is 53.7 Å². The number of carbonyl (C=O) groups excluding carboxylic acids is 6. The lowest BCUT2D eigenvalue weighted by Gasteiger charge is -2.31. The van der Waals surface area contributed by atoms with Crippen LogP contribution >= 0.6 is 0 Å². The number of primary amides is 1. The Hall–Kier alpha value is -6.03. The Labute approximate surface area is 313 Å². The number of hydrazine groups is 1. The maximum atomic E-state index is 14.2. The third-order valence-electron chi connectivity index (χ3n) is 9.65. The third kappa shape index (κ3) is 10.3. The number of anilines is 1. The average molecular weight is 742 g/mol. The van der Waals surface area contributed by atoms with Crippen molar-refractivity contribution in [3.05, 3.63) is 89.6 Å². The summed E-state index contributed by atoms with van der Waals surface area (Å²) in [6.45, 7) is 0.787. The van der Waals surface area contributed by atoms with Crippen LogP contribution in [0.2, 0.25) is 0 Å². The van der Waals surface area contributed by atoms with Gasteiger partial charge in [0.05, 0.1) is 5.56 Å². The topological polar surface area (TPSA) is 242 Å². The van der Waals surface area contributed by atoms with Gasteiger partial charge >= 0.3 is 0 Å². The van der Waals surface area contributed by atoms with Gasteiger partial charge in [-0.15, -0.1) is 0 Å². The molecule has 16 heteroatoms. The number of benzene rings is 2. The second-order valence-electron chi connectivity index (χ2n) is 13.5. The zero-order valence-corrected chi connectivity index (χ0v) is 29.9. The first-order valence-corrected chi connectivity index (χ1v) is 18.1. The predicted molar refractivity (Wildman–Crippen MR) is 198 cm³/mol. The van der Waals surface area contributed by atoms with Gasteiger partial charge in [-0.1, -0.05) is 42.5 Å². The molecule has 0 spiro atoms. The molecule has 1 aromatic heterocycles. The van der Waals surface area contributed by atoms with Crippen molar-refractivity contribution in [1.29, 1.82) is 0 Å². The van der Waals surface area contributed by atoms with Crippen LogP contribution < -0.4 is 33.0 Å². The lowest BCUT2D eigenvalue weighted by Crippen LogP contribution is -2.58. The van der Waals surface area contributed by atoms with E-state index in [0.717, 1.165) is 5.56 Å². The average Bonchev–Trinajstić information content (AvgIpc) is 3.88. The number of phenols is 1. The Bertz CT molecular complexity index is 1790. The van der Waals surface area contributed by atoms with Crippen molar-refractivity contribution < 1.29 is 33.9 Å². The van der Waals surface area contributed by atoms with E-state index in [1.165, 1.54) is 28.1 Å². The Kier molecular flexibility index (Phi) is 13.5. The zero-order chi connectivity index (χ0) is 38.6. The highest BCUT2D eigenvalue weighted by atomic mass is 16.3. The molecular formula is C38H47N9O7. The number of hydrogen-bond donors (Lipinski definition) is 7. The standard InChI is InChI=1S/C38H47N9O7/c39-34(50)30-9-5-19-46(30)38(54)29(21-24-7-2-1-3-8-24)44-36(52)31-10-6-20-47(31)37(53)28(22-25-12-15-27(48)16-13-25)43-33(49)11-4-18-41-35(51)26-14-17-32(45-40)42-23-26/h1-3,7-8,12-17,23,28-31,48H,4-6,9-11,18-22,40H2,(H2,39,50)(H,41,51)(H,42,45)(H,43,49)(H,44,52)/t28-,29-,30-,31-/m0/s1. The quantitative estimate of drug-likeness (QED) is 0.0609. The molecule has 0 saturated carbocycles. The first-order valence-electron chi connectivity index (χ1n) is 18.1. The van der Waals surface area contributed by atoms with Crippen molar-refractivity contribution in [2.24, 2.45) is 11.6 Å². The molecule has 2 saturated heterocycles. The number of aromatic hydroxyl groups is 1. The number of likely N-dealkylation sites (tertiary alicyclic amines) is 2. The number of rotatable bonds is 16. The van der Waals surface area contributed by atoms with Crippen LogP contribution in [0.4, 0.5) is 5.82 Å². The SMILES string of the molecule is NNc1ccc(C(=O)NCCCC(=O)N[C@@H](Cc2ccc(O)cc2)C(=O)N2CCC[C@H]2C(=O)N[C@@H](Cc2ccccc2)C(=O)N2CCC[C@H]2C(N)=O)cn1. The molecule has 0 bridgehead atoms. The highest BCUT2D eigenvalue weighted by Gasteiger charge is 2.41. The van der Waals surface area contributed by atoms with E-state index in [4.69, 9.17) is 11.6 Å². The number of hydrogen-bond acceptors (Lipinski definition) is 10. The van der Waals surface area contributed by atoms with E-state index in [9.17, 15) is 33.9 Å².